The lowest BCUT2D eigenvalue weighted by atomic mass is 10.0. The molecule has 10 heteroatoms. The molecular weight excluding hydrogens is 653 g/mol. The topological polar surface area (TPSA) is 111 Å². The first-order chi connectivity index (χ1) is 24.0. The molecule has 0 aliphatic heterocycles. The van der Waals surface area contributed by atoms with Crippen molar-refractivity contribution in [2.45, 2.75) is 200 Å². The molecule has 9 nitrogen and oxygen atoms in total. The van der Waals surface area contributed by atoms with E-state index >= 15 is 0 Å². The van der Waals surface area contributed by atoms with Crippen molar-refractivity contribution in [3.8, 4) is 0 Å². The molecule has 0 fully saturated rings. The maximum Gasteiger partial charge on any atom is 0.306 e. The summed E-state index contributed by atoms with van der Waals surface area (Å²) in [6.45, 7) is 4.24. The standard InChI is InChI=1S/C40H80NO8P/c1-6-8-10-12-14-16-18-20-21-23-24-26-28-30-32-39(42)46-36-38(37-48-50(44,45)47-35-34-41(3,4)5)49-40(43)33-31-29-27-25-22-19-17-15-13-11-9-7-2/h38H,6-37H2,1-5H3/t38-/m1/s1. The zero-order chi connectivity index (χ0) is 37.2. The van der Waals surface area contributed by atoms with Crippen LogP contribution in [0.1, 0.15) is 194 Å². The van der Waals surface area contributed by atoms with Crippen molar-refractivity contribution in [1.82, 2.24) is 0 Å². The van der Waals surface area contributed by atoms with Crippen molar-refractivity contribution in [3.05, 3.63) is 0 Å². The molecule has 0 saturated carbocycles. The highest BCUT2D eigenvalue weighted by atomic mass is 31.2. The summed E-state index contributed by atoms with van der Waals surface area (Å²) in [5.74, 6) is -0.823. The van der Waals surface area contributed by atoms with E-state index in [9.17, 15) is 19.0 Å². The van der Waals surface area contributed by atoms with Gasteiger partial charge < -0.3 is 27.9 Å². The third-order valence-electron chi connectivity index (χ3n) is 9.13. The van der Waals surface area contributed by atoms with Crippen molar-refractivity contribution >= 4 is 19.8 Å². The molecule has 0 amide bonds. The van der Waals surface area contributed by atoms with Crippen LogP contribution in [0.15, 0.2) is 0 Å². The van der Waals surface area contributed by atoms with Gasteiger partial charge in [-0.25, -0.2) is 0 Å². The SMILES string of the molecule is CCCCCCCCCCCCCCCCC(=O)OC[C@H](COP(=O)([O-])OCC[N+](C)(C)C)OC(=O)CCCCCCCCCCCCCC. The third kappa shape index (κ3) is 36.8. The fourth-order valence-corrected chi connectivity index (χ4v) is 6.56. The Morgan fingerprint density at radius 2 is 0.900 bits per heavy atom. The number of quaternary nitrogens is 1. The Hall–Kier alpha value is -0.990. The summed E-state index contributed by atoms with van der Waals surface area (Å²) in [5, 5.41) is 0. The Morgan fingerprint density at radius 1 is 0.540 bits per heavy atom. The normalized spacial score (nSPS) is 13.6. The van der Waals surface area contributed by atoms with Crippen LogP contribution < -0.4 is 4.89 Å². The average molecular weight is 734 g/mol. The maximum absolute atomic E-state index is 12.6. The molecule has 0 aromatic rings. The van der Waals surface area contributed by atoms with E-state index in [1.54, 1.807) is 0 Å². The molecule has 0 aliphatic rings. The second-order valence-corrected chi connectivity index (χ2v) is 16.8. The lowest BCUT2D eigenvalue weighted by molar-refractivity contribution is -0.870. The Balaban J connectivity index is 4.35. The molecule has 298 valence electrons. The van der Waals surface area contributed by atoms with Gasteiger partial charge >= 0.3 is 11.9 Å². The molecule has 0 aliphatic carbocycles. The van der Waals surface area contributed by atoms with Gasteiger partial charge in [0.1, 0.15) is 19.8 Å². The van der Waals surface area contributed by atoms with Crippen LogP contribution in [-0.2, 0) is 32.7 Å². The minimum Gasteiger partial charge on any atom is -0.756 e. The summed E-state index contributed by atoms with van der Waals surface area (Å²) in [4.78, 5) is 37.4. The minimum atomic E-state index is -4.61. The van der Waals surface area contributed by atoms with Gasteiger partial charge in [-0.05, 0) is 12.8 Å². The highest BCUT2D eigenvalue weighted by molar-refractivity contribution is 7.45. The van der Waals surface area contributed by atoms with Crippen LogP contribution in [0.4, 0.5) is 0 Å². The Kier molecular flexibility index (Phi) is 33.2. The van der Waals surface area contributed by atoms with E-state index in [0.717, 1.165) is 32.1 Å². The molecule has 1 unspecified atom stereocenters. The van der Waals surface area contributed by atoms with Crippen molar-refractivity contribution in [2.24, 2.45) is 0 Å². The van der Waals surface area contributed by atoms with Gasteiger partial charge in [0.05, 0.1) is 27.7 Å². The molecule has 50 heavy (non-hydrogen) atoms. The zero-order valence-electron chi connectivity index (χ0n) is 33.4. The molecule has 0 aromatic heterocycles. The van der Waals surface area contributed by atoms with E-state index in [4.69, 9.17) is 18.5 Å². The largest absolute Gasteiger partial charge is 0.756 e. The number of esters is 2. The summed E-state index contributed by atoms with van der Waals surface area (Å²) in [5.41, 5.74) is 0. The summed E-state index contributed by atoms with van der Waals surface area (Å²) in [6.07, 6.45) is 31.2. The number of rotatable bonds is 38. The number of phosphoric acid groups is 1. The fourth-order valence-electron chi connectivity index (χ4n) is 5.83. The molecule has 0 saturated heterocycles. The number of likely N-dealkylation sites (N-methyl/N-ethyl adjacent to an activating group) is 1. The molecular formula is C40H80NO8P. The smallest absolute Gasteiger partial charge is 0.306 e. The van der Waals surface area contributed by atoms with Crippen molar-refractivity contribution in [1.29, 1.82) is 0 Å². The van der Waals surface area contributed by atoms with Crippen molar-refractivity contribution in [2.75, 3.05) is 47.5 Å². The molecule has 0 aromatic carbocycles. The molecule has 0 radical (unpaired) electrons. The van der Waals surface area contributed by atoms with Crippen LogP contribution >= 0.6 is 7.82 Å². The Labute approximate surface area is 308 Å². The highest BCUT2D eigenvalue weighted by Gasteiger charge is 2.21. The van der Waals surface area contributed by atoms with Crippen molar-refractivity contribution < 1.29 is 42.1 Å². The summed E-state index contributed by atoms with van der Waals surface area (Å²) >= 11 is 0. The second kappa shape index (κ2) is 33.8. The lowest BCUT2D eigenvalue weighted by Crippen LogP contribution is -2.37. The number of hydrogen-bond donors (Lipinski definition) is 0. The van der Waals surface area contributed by atoms with Crippen LogP contribution in [0.5, 0.6) is 0 Å². The lowest BCUT2D eigenvalue weighted by Gasteiger charge is -2.28. The maximum atomic E-state index is 12.6. The molecule has 0 heterocycles. The fraction of sp³-hybridized carbons (Fsp3) is 0.950. The third-order valence-corrected chi connectivity index (χ3v) is 10.1. The van der Waals surface area contributed by atoms with E-state index in [2.05, 4.69) is 13.8 Å². The van der Waals surface area contributed by atoms with Gasteiger partial charge in [0, 0.05) is 12.8 Å². The number of phosphoric ester groups is 1. The monoisotopic (exact) mass is 734 g/mol. The number of carbonyl (C=O) groups is 2. The average Bonchev–Trinajstić information content (AvgIpc) is 3.06. The van der Waals surface area contributed by atoms with Gasteiger partial charge in [-0.15, -0.1) is 0 Å². The Bertz CT molecular complexity index is 835. The van der Waals surface area contributed by atoms with E-state index in [0.29, 0.717) is 17.4 Å². The van der Waals surface area contributed by atoms with E-state index < -0.39 is 26.5 Å². The van der Waals surface area contributed by atoms with Crippen LogP contribution in [0.3, 0.4) is 0 Å². The van der Waals surface area contributed by atoms with Gasteiger partial charge in [0.25, 0.3) is 7.82 Å². The zero-order valence-corrected chi connectivity index (χ0v) is 34.3. The predicted octanol–water partition coefficient (Wildman–Crippen LogP) is 10.6. The first kappa shape index (κ1) is 49.0. The van der Waals surface area contributed by atoms with Crippen LogP contribution in [-0.4, -0.2) is 70.0 Å². The Morgan fingerprint density at radius 3 is 1.28 bits per heavy atom. The van der Waals surface area contributed by atoms with E-state index in [1.165, 1.54) is 128 Å². The van der Waals surface area contributed by atoms with Crippen molar-refractivity contribution in [3.63, 3.8) is 0 Å². The summed E-state index contributed by atoms with van der Waals surface area (Å²) in [7, 11) is 1.18. The quantitative estimate of drug-likeness (QED) is 0.0267. The van der Waals surface area contributed by atoms with E-state index in [-0.39, 0.29) is 32.0 Å². The number of ether oxygens (including phenoxy) is 2. The van der Waals surface area contributed by atoms with Gasteiger partial charge in [0.15, 0.2) is 6.10 Å². The van der Waals surface area contributed by atoms with Crippen LogP contribution in [0.25, 0.3) is 0 Å². The first-order valence-corrected chi connectivity index (χ1v) is 22.2. The molecule has 0 N–H and O–H groups in total. The van der Waals surface area contributed by atoms with Gasteiger partial charge in [0.2, 0.25) is 0 Å². The predicted molar refractivity (Wildman–Crippen MR) is 204 cm³/mol. The van der Waals surface area contributed by atoms with Gasteiger partial charge in [-0.1, -0.05) is 168 Å². The van der Waals surface area contributed by atoms with Crippen LogP contribution in [0.2, 0.25) is 0 Å². The second-order valence-electron chi connectivity index (χ2n) is 15.4. The number of unbranched alkanes of at least 4 members (excludes halogenated alkanes) is 24. The van der Waals surface area contributed by atoms with E-state index in [1.807, 2.05) is 21.1 Å². The van der Waals surface area contributed by atoms with Gasteiger partial charge in [-0.2, -0.15) is 0 Å². The summed E-state index contributed by atoms with van der Waals surface area (Å²) in [6, 6.07) is 0. The number of nitrogens with zero attached hydrogens (tertiary/aromatic N) is 1. The molecule has 0 rings (SSSR count). The number of hydrogen-bond acceptors (Lipinski definition) is 8. The number of carbonyl (C=O) groups excluding carboxylic acids is 2. The molecule has 2 atom stereocenters. The molecule has 0 spiro atoms. The highest BCUT2D eigenvalue weighted by Crippen LogP contribution is 2.38. The first-order valence-electron chi connectivity index (χ1n) is 20.7. The minimum absolute atomic E-state index is 0.0259. The van der Waals surface area contributed by atoms with Crippen LogP contribution in [0, 0.1) is 0 Å². The molecule has 0 bridgehead atoms. The summed E-state index contributed by atoms with van der Waals surface area (Å²) < 4.78 is 33.8. The van der Waals surface area contributed by atoms with Gasteiger partial charge in [-0.3, -0.25) is 14.2 Å².